The Morgan fingerprint density at radius 1 is 1.12 bits per heavy atom. The molecule has 0 radical (unpaired) electrons. The molecule has 2 aromatic rings. The van der Waals surface area contributed by atoms with Gasteiger partial charge in [0, 0.05) is 11.9 Å². The fourth-order valence-corrected chi connectivity index (χ4v) is 2.12. The summed E-state index contributed by atoms with van der Waals surface area (Å²) in [5.74, 6) is -1.01. The smallest absolute Gasteiger partial charge is 0.238 e. The van der Waals surface area contributed by atoms with E-state index in [1.54, 1.807) is 24.1 Å². The number of pyridine rings is 1. The highest BCUT2D eigenvalue weighted by Gasteiger charge is 2.12. The molecule has 2 rings (SSSR count). The number of halogens is 2. The van der Waals surface area contributed by atoms with Crippen molar-refractivity contribution in [1.29, 1.82) is 0 Å². The molecule has 24 heavy (non-hydrogen) atoms. The molecule has 0 aliphatic carbocycles. The van der Waals surface area contributed by atoms with Gasteiger partial charge in [0.2, 0.25) is 11.8 Å². The van der Waals surface area contributed by atoms with Gasteiger partial charge in [-0.15, -0.1) is 0 Å². The number of rotatable bonds is 6. The summed E-state index contributed by atoms with van der Waals surface area (Å²) < 4.78 is 12.8. The van der Waals surface area contributed by atoms with Crippen LogP contribution >= 0.6 is 11.6 Å². The zero-order chi connectivity index (χ0) is 17.5. The minimum Gasteiger partial charge on any atom is -0.325 e. The lowest BCUT2D eigenvalue weighted by Crippen LogP contribution is -2.36. The molecule has 0 aliphatic rings. The van der Waals surface area contributed by atoms with Crippen molar-refractivity contribution in [3.63, 3.8) is 0 Å². The molecule has 126 valence electrons. The lowest BCUT2D eigenvalue weighted by atomic mass is 10.3. The van der Waals surface area contributed by atoms with Crippen molar-refractivity contribution >= 4 is 34.8 Å². The fraction of sp³-hybridized carbons (Fsp3) is 0.188. The highest BCUT2D eigenvalue weighted by molar-refractivity contribution is 6.32. The van der Waals surface area contributed by atoms with Crippen molar-refractivity contribution in [3.05, 3.63) is 53.6 Å². The monoisotopic (exact) mass is 350 g/mol. The fourth-order valence-electron chi connectivity index (χ4n) is 1.95. The van der Waals surface area contributed by atoms with Gasteiger partial charge in [0.1, 0.15) is 5.82 Å². The van der Waals surface area contributed by atoms with Crippen molar-refractivity contribution in [2.45, 2.75) is 0 Å². The van der Waals surface area contributed by atoms with Gasteiger partial charge in [-0.2, -0.15) is 0 Å². The summed E-state index contributed by atoms with van der Waals surface area (Å²) in [5, 5.41) is 5.44. The van der Waals surface area contributed by atoms with Crippen LogP contribution < -0.4 is 10.6 Å². The SMILES string of the molecule is CN(CC(=O)Nc1ccc(F)cc1)CC(=O)Nc1cccnc1Cl. The molecule has 0 aliphatic heterocycles. The molecule has 0 fully saturated rings. The van der Waals surface area contributed by atoms with Gasteiger partial charge in [-0.25, -0.2) is 9.37 Å². The molecule has 1 heterocycles. The lowest BCUT2D eigenvalue weighted by Gasteiger charge is -2.16. The molecule has 0 atom stereocenters. The largest absolute Gasteiger partial charge is 0.325 e. The molecule has 2 N–H and O–H groups in total. The third-order valence-electron chi connectivity index (χ3n) is 2.99. The molecule has 0 unspecified atom stereocenters. The van der Waals surface area contributed by atoms with E-state index in [0.29, 0.717) is 11.4 Å². The first-order chi connectivity index (χ1) is 11.4. The summed E-state index contributed by atoms with van der Waals surface area (Å²) >= 11 is 5.86. The van der Waals surface area contributed by atoms with Crippen molar-refractivity contribution in [2.75, 3.05) is 30.8 Å². The molecule has 0 bridgehead atoms. The Morgan fingerprint density at radius 3 is 2.38 bits per heavy atom. The third kappa shape index (κ3) is 5.60. The van der Waals surface area contributed by atoms with Gasteiger partial charge in [-0.3, -0.25) is 14.5 Å². The number of anilines is 2. The number of hydrogen-bond donors (Lipinski definition) is 2. The Balaban J connectivity index is 1.80. The molecule has 1 aromatic carbocycles. The Hall–Kier alpha value is -2.51. The molecule has 1 aromatic heterocycles. The van der Waals surface area contributed by atoms with E-state index in [0.717, 1.165) is 0 Å². The predicted octanol–water partition coefficient (Wildman–Crippen LogP) is 2.38. The number of carbonyl (C=O) groups is 2. The van der Waals surface area contributed by atoms with Gasteiger partial charge >= 0.3 is 0 Å². The third-order valence-corrected chi connectivity index (χ3v) is 3.29. The van der Waals surface area contributed by atoms with E-state index < -0.39 is 0 Å². The predicted molar refractivity (Wildman–Crippen MR) is 90.4 cm³/mol. The van der Waals surface area contributed by atoms with Crippen LogP contribution in [0.1, 0.15) is 0 Å². The molecule has 0 spiro atoms. The van der Waals surface area contributed by atoms with Gasteiger partial charge in [-0.05, 0) is 43.4 Å². The van der Waals surface area contributed by atoms with Crippen LogP contribution in [0.2, 0.25) is 5.15 Å². The highest BCUT2D eigenvalue weighted by atomic mass is 35.5. The molecule has 0 saturated carbocycles. The van der Waals surface area contributed by atoms with Crippen LogP contribution in [0.5, 0.6) is 0 Å². The van der Waals surface area contributed by atoms with Crippen LogP contribution in [0.3, 0.4) is 0 Å². The average molecular weight is 351 g/mol. The van der Waals surface area contributed by atoms with Gasteiger partial charge in [0.05, 0.1) is 18.8 Å². The number of hydrogen-bond acceptors (Lipinski definition) is 4. The van der Waals surface area contributed by atoms with Crippen LogP contribution in [0.15, 0.2) is 42.6 Å². The second kappa shape index (κ2) is 8.37. The summed E-state index contributed by atoms with van der Waals surface area (Å²) in [6.45, 7) is 0.00757. The van der Waals surface area contributed by atoms with Crippen molar-refractivity contribution in [2.24, 2.45) is 0 Å². The first kappa shape index (κ1) is 17.8. The number of nitrogens with zero attached hydrogens (tertiary/aromatic N) is 2. The van der Waals surface area contributed by atoms with Crippen molar-refractivity contribution < 1.29 is 14.0 Å². The summed E-state index contributed by atoms with van der Waals surface area (Å²) in [6, 6.07) is 8.72. The van der Waals surface area contributed by atoms with Crippen LogP contribution in [0.25, 0.3) is 0 Å². The maximum absolute atomic E-state index is 12.8. The Bertz CT molecular complexity index is 724. The molecular weight excluding hydrogens is 335 g/mol. The lowest BCUT2D eigenvalue weighted by molar-refractivity contribution is -0.119. The first-order valence-electron chi connectivity index (χ1n) is 7.08. The number of nitrogens with one attached hydrogen (secondary N) is 2. The zero-order valence-electron chi connectivity index (χ0n) is 12.9. The number of likely N-dealkylation sites (N-methyl/N-ethyl adjacent to an activating group) is 1. The van der Waals surface area contributed by atoms with E-state index >= 15 is 0 Å². The van der Waals surface area contributed by atoms with E-state index in [4.69, 9.17) is 11.6 Å². The van der Waals surface area contributed by atoms with E-state index in [1.807, 2.05) is 0 Å². The minimum absolute atomic E-state index is 0.00204. The molecule has 6 nitrogen and oxygen atoms in total. The number of carbonyl (C=O) groups excluding carboxylic acids is 2. The van der Waals surface area contributed by atoms with Gasteiger partial charge in [-0.1, -0.05) is 11.6 Å². The molecule has 0 saturated heterocycles. The van der Waals surface area contributed by atoms with E-state index in [-0.39, 0.29) is 35.9 Å². The van der Waals surface area contributed by atoms with Crippen LogP contribution in [0, 0.1) is 5.82 Å². The van der Waals surface area contributed by atoms with Crippen molar-refractivity contribution in [1.82, 2.24) is 9.88 Å². The van der Waals surface area contributed by atoms with Crippen molar-refractivity contribution in [3.8, 4) is 0 Å². The van der Waals surface area contributed by atoms with Gasteiger partial charge < -0.3 is 10.6 Å². The van der Waals surface area contributed by atoms with E-state index in [1.165, 1.54) is 30.5 Å². The number of benzene rings is 1. The second-order valence-electron chi connectivity index (χ2n) is 5.12. The number of aromatic nitrogens is 1. The normalized spacial score (nSPS) is 10.5. The quantitative estimate of drug-likeness (QED) is 0.784. The molecule has 8 heteroatoms. The van der Waals surface area contributed by atoms with Crippen LogP contribution in [0.4, 0.5) is 15.8 Å². The van der Waals surface area contributed by atoms with Gasteiger partial charge in [0.25, 0.3) is 0 Å². The molecule has 2 amide bonds. The van der Waals surface area contributed by atoms with Gasteiger partial charge in [0.15, 0.2) is 5.15 Å². The average Bonchev–Trinajstić information content (AvgIpc) is 2.51. The summed E-state index contributed by atoms with van der Waals surface area (Å²) in [5.41, 5.74) is 0.898. The zero-order valence-corrected chi connectivity index (χ0v) is 13.7. The second-order valence-corrected chi connectivity index (χ2v) is 5.48. The molecular formula is C16H16ClFN4O2. The summed E-state index contributed by atoms with van der Waals surface area (Å²) in [4.78, 5) is 29.2. The highest BCUT2D eigenvalue weighted by Crippen LogP contribution is 2.17. The maximum atomic E-state index is 12.8. The van der Waals surface area contributed by atoms with E-state index in [9.17, 15) is 14.0 Å². The standard InChI is InChI=1S/C16H16ClFN4O2/c1-22(9-14(23)20-12-6-4-11(18)5-7-12)10-15(24)21-13-3-2-8-19-16(13)17/h2-8H,9-10H2,1H3,(H,20,23)(H,21,24). The Morgan fingerprint density at radius 2 is 1.75 bits per heavy atom. The Labute approximate surface area is 143 Å². The van der Waals surface area contributed by atoms with Crippen LogP contribution in [-0.4, -0.2) is 41.8 Å². The Kier molecular flexibility index (Phi) is 6.22. The minimum atomic E-state index is -0.379. The summed E-state index contributed by atoms with van der Waals surface area (Å²) in [6.07, 6.45) is 1.52. The maximum Gasteiger partial charge on any atom is 0.238 e. The van der Waals surface area contributed by atoms with E-state index in [2.05, 4.69) is 15.6 Å². The first-order valence-corrected chi connectivity index (χ1v) is 7.46. The summed E-state index contributed by atoms with van der Waals surface area (Å²) in [7, 11) is 1.63. The van der Waals surface area contributed by atoms with Crippen LogP contribution in [-0.2, 0) is 9.59 Å². The topological polar surface area (TPSA) is 74.3 Å². The number of amides is 2.